The summed E-state index contributed by atoms with van der Waals surface area (Å²) in [6.45, 7) is -0.0143. The van der Waals surface area contributed by atoms with Crippen LogP contribution in [0.15, 0.2) is 0 Å². The van der Waals surface area contributed by atoms with E-state index in [1.165, 1.54) is 52.1 Å². The number of unbranched alkanes of at least 4 members (excludes halogenated alkanes) is 10. The van der Waals surface area contributed by atoms with Crippen molar-refractivity contribution in [1.29, 1.82) is 0 Å². The van der Waals surface area contributed by atoms with Gasteiger partial charge < -0.3 is 9.84 Å². The molecule has 0 heterocycles. The van der Waals surface area contributed by atoms with E-state index in [1.807, 2.05) is 0 Å². The molecule has 0 aromatic heterocycles. The van der Waals surface area contributed by atoms with E-state index in [0.29, 0.717) is 6.42 Å². The van der Waals surface area contributed by atoms with Crippen molar-refractivity contribution in [1.82, 2.24) is 0 Å². The van der Waals surface area contributed by atoms with Crippen molar-refractivity contribution >= 4 is 5.97 Å². The van der Waals surface area contributed by atoms with Gasteiger partial charge in [-0.25, -0.2) is 0 Å². The van der Waals surface area contributed by atoms with Crippen molar-refractivity contribution in [2.45, 2.75) is 77.0 Å². The molecule has 0 unspecified atom stereocenters. The first-order chi connectivity index (χ1) is 9.81. The minimum atomic E-state index is -0.0892. The maximum atomic E-state index is 10.9. The first kappa shape index (κ1) is 19.0. The molecule has 0 saturated heterocycles. The average Bonchev–Trinajstić information content (AvgIpc) is 2.47. The third-order valence-corrected chi connectivity index (χ3v) is 3.36. The Balaban J connectivity index is 3.04. The summed E-state index contributed by atoms with van der Waals surface area (Å²) in [7, 11) is 1.45. The number of carbonyl (C=O) groups is 1. The lowest BCUT2D eigenvalue weighted by atomic mass is 10.1. The molecule has 0 amide bonds. The Morgan fingerprint density at radius 2 is 1.35 bits per heavy atom. The topological polar surface area (TPSA) is 46.5 Å². The summed E-state index contributed by atoms with van der Waals surface area (Å²) >= 11 is 0. The molecule has 0 aliphatic carbocycles. The molecule has 0 rings (SSSR count). The number of ether oxygens (including phenoxy) is 1. The van der Waals surface area contributed by atoms with Crippen molar-refractivity contribution in [2.24, 2.45) is 0 Å². The van der Waals surface area contributed by atoms with E-state index < -0.39 is 0 Å². The number of hydrogen-bond donors (Lipinski definition) is 1. The molecule has 0 aromatic rings. The third kappa shape index (κ3) is 15.0. The Morgan fingerprint density at radius 3 is 1.85 bits per heavy atom. The van der Waals surface area contributed by atoms with E-state index in [2.05, 4.69) is 16.6 Å². The van der Waals surface area contributed by atoms with E-state index >= 15 is 0 Å². The van der Waals surface area contributed by atoms with Gasteiger partial charge in [0.25, 0.3) is 0 Å². The second-order valence-corrected chi connectivity index (χ2v) is 5.12. The summed E-state index contributed by atoms with van der Waals surface area (Å²) in [5.41, 5.74) is 0. The van der Waals surface area contributed by atoms with Gasteiger partial charge in [0.15, 0.2) is 0 Å². The maximum Gasteiger partial charge on any atom is 0.305 e. The molecule has 0 radical (unpaired) electrons. The highest BCUT2D eigenvalue weighted by atomic mass is 16.5. The van der Waals surface area contributed by atoms with Gasteiger partial charge in [-0.2, -0.15) is 0 Å². The molecular weight excluding hydrogens is 252 g/mol. The average molecular weight is 282 g/mol. The van der Waals surface area contributed by atoms with Crippen molar-refractivity contribution in [2.75, 3.05) is 13.7 Å². The number of rotatable bonds is 12. The fraction of sp³-hybridized carbons (Fsp3) is 0.824. The number of esters is 1. The molecule has 0 aliphatic rings. The van der Waals surface area contributed by atoms with Crippen LogP contribution in [0.2, 0.25) is 0 Å². The minimum Gasteiger partial charge on any atom is -0.469 e. The second kappa shape index (κ2) is 16.0. The summed E-state index contributed by atoms with van der Waals surface area (Å²) in [4.78, 5) is 10.9. The van der Waals surface area contributed by atoms with E-state index in [-0.39, 0.29) is 12.6 Å². The smallest absolute Gasteiger partial charge is 0.305 e. The van der Waals surface area contributed by atoms with Crippen molar-refractivity contribution in [3.8, 4) is 11.8 Å². The molecule has 0 bridgehead atoms. The number of aliphatic hydroxyl groups excluding tert-OH is 1. The molecule has 0 aliphatic heterocycles. The van der Waals surface area contributed by atoms with Crippen LogP contribution in [-0.4, -0.2) is 24.8 Å². The van der Waals surface area contributed by atoms with Crippen LogP contribution in [0.4, 0.5) is 0 Å². The summed E-state index contributed by atoms with van der Waals surface area (Å²) in [6.07, 6.45) is 13.7. The van der Waals surface area contributed by atoms with Gasteiger partial charge >= 0.3 is 5.97 Å². The lowest BCUT2D eigenvalue weighted by Gasteiger charge is -2.02. The van der Waals surface area contributed by atoms with Crippen molar-refractivity contribution in [3.63, 3.8) is 0 Å². The molecule has 116 valence electrons. The Labute approximate surface area is 124 Å². The van der Waals surface area contributed by atoms with Crippen LogP contribution in [0.1, 0.15) is 77.0 Å². The molecule has 3 heteroatoms. The predicted octanol–water partition coefficient (Wildman–Crippen LogP) is 3.84. The third-order valence-electron chi connectivity index (χ3n) is 3.36. The highest BCUT2D eigenvalue weighted by Gasteiger charge is 1.99. The molecule has 3 nitrogen and oxygen atoms in total. The van der Waals surface area contributed by atoms with E-state index in [0.717, 1.165) is 25.7 Å². The molecule has 0 spiro atoms. The van der Waals surface area contributed by atoms with Crippen molar-refractivity contribution < 1.29 is 14.6 Å². The Bertz CT molecular complexity index is 276. The summed E-state index contributed by atoms with van der Waals surface area (Å²) in [5, 5.41) is 8.49. The standard InChI is InChI=1S/C17H30O3/c1-20-17(19)15-13-11-9-7-5-3-2-4-6-8-10-12-14-16-18/h18H,2-11,13,15-16H2,1H3. The largest absolute Gasteiger partial charge is 0.469 e. The first-order valence-electron chi connectivity index (χ1n) is 7.94. The molecular formula is C17H30O3. The quantitative estimate of drug-likeness (QED) is 0.336. The highest BCUT2D eigenvalue weighted by molar-refractivity contribution is 5.68. The number of methoxy groups -OCH3 is 1. The van der Waals surface area contributed by atoms with E-state index in [4.69, 9.17) is 5.11 Å². The van der Waals surface area contributed by atoms with Crippen LogP contribution < -0.4 is 0 Å². The first-order valence-corrected chi connectivity index (χ1v) is 7.94. The monoisotopic (exact) mass is 282 g/mol. The number of aliphatic hydroxyl groups is 1. The van der Waals surface area contributed by atoms with Crippen LogP contribution in [0.5, 0.6) is 0 Å². The fourth-order valence-corrected chi connectivity index (χ4v) is 2.14. The van der Waals surface area contributed by atoms with Crippen LogP contribution in [-0.2, 0) is 9.53 Å². The zero-order valence-electron chi connectivity index (χ0n) is 13.0. The SMILES string of the molecule is COC(=O)CCCCCCCCCCCCC#CCO. The maximum absolute atomic E-state index is 10.9. The van der Waals surface area contributed by atoms with E-state index in [1.54, 1.807) is 0 Å². The number of carbonyl (C=O) groups excluding carboxylic acids is 1. The minimum absolute atomic E-state index is 0.0143. The van der Waals surface area contributed by atoms with Crippen molar-refractivity contribution in [3.05, 3.63) is 0 Å². The lowest BCUT2D eigenvalue weighted by Crippen LogP contribution is -1.99. The Hall–Kier alpha value is -1.01. The Kier molecular flexibility index (Phi) is 15.2. The van der Waals surface area contributed by atoms with Crippen LogP contribution in [0.3, 0.4) is 0 Å². The zero-order valence-corrected chi connectivity index (χ0v) is 13.0. The second-order valence-electron chi connectivity index (χ2n) is 5.12. The summed E-state index contributed by atoms with van der Waals surface area (Å²) in [6, 6.07) is 0. The summed E-state index contributed by atoms with van der Waals surface area (Å²) in [5.74, 6) is 5.53. The summed E-state index contributed by atoms with van der Waals surface area (Å²) < 4.78 is 4.60. The zero-order chi connectivity index (χ0) is 14.9. The van der Waals surface area contributed by atoms with Gasteiger partial charge in [0.05, 0.1) is 7.11 Å². The van der Waals surface area contributed by atoms with Gasteiger partial charge in [-0.05, 0) is 12.8 Å². The molecule has 0 saturated carbocycles. The molecule has 0 aromatic carbocycles. The molecule has 1 N–H and O–H groups in total. The predicted molar refractivity (Wildman–Crippen MR) is 82.3 cm³/mol. The molecule has 0 atom stereocenters. The van der Waals surface area contributed by atoms with Crippen LogP contribution in [0, 0.1) is 11.8 Å². The number of hydrogen-bond acceptors (Lipinski definition) is 3. The highest BCUT2D eigenvalue weighted by Crippen LogP contribution is 2.11. The van der Waals surface area contributed by atoms with Gasteiger partial charge in [0.1, 0.15) is 6.61 Å². The van der Waals surface area contributed by atoms with Gasteiger partial charge in [0, 0.05) is 12.8 Å². The van der Waals surface area contributed by atoms with Gasteiger partial charge in [-0.3, -0.25) is 4.79 Å². The van der Waals surface area contributed by atoms with E-state index in [9.17, 15) is 4.79 Å². The van der Waals surface area contributed by atoms with Crippen LogP contribution >= 0.6 is 0 Å². The normalized spacial score (nSPS) is 9.90. The van der Waals surface area contributed by atoms with Crippen LogP contribution in [0.25, 0.3) is 0 Å². The Morgan fingerprint density at radius 1 is 0.850 bits per heavy atom. The van der Waals surface area contributed by atoms with Gasteiger partial charge in [-0.15, -0.1) is 5.92 Å². The van der Waals surface area contributed by atoms with Gasteiger partial charge in [-0.1, -0.05) is 57.3 Å². The lowest BCUT2D eigenvalue weighted by molar-refractivity contribution is -0.140. The fourth-order valence-electron chi connectivity index (χ4n) is 2.14. The molecule has 0 fully saturated rings. The molecule has 20 heavy (non-hydrogen) atoms. The van der Waals surface area contributed by atoms with Gasteiger partial charge in [0.2, 0.25) is 0 Å².